The monoisotopic (exact) mass is 285 g/mol. The number of alkyl halides is 3. The van der Waals surface area contributed by atoms with E-state index in [1.54, 1.807) is 13.8 Å². The normalized spacial score (nSPS) is 14.3. The third-order valence-corrected chi connectivity index (χ3v) is 2.89. The molecular weight excluding hydrogens is 267 g/mol. The van der Waals surface area contributed by atoms with E-state index >= 15 is 0 Å². The maximum atomic E-state index is 12.8. The van der Waals surface area contributed by atoms with Crippen LogP contribution in [-0.4, -0.2) is 9.55 Å². The largest absolute Gasteiger partial charge is 0.434 e. The molecule has 2 N–H and O–H groups in total. The van der Waals surface area contributed by atoms with Gasteiger partial charge in [-0.1, -0.05) is 24.3 Å². The second kappa shape index (κ2) is 5.28. The van der Waals surface area contributed by atoms with Gasteiger partial charge in [0.1, 0.15) is 5.82 Å². The molecule has 0 saturated heterocycles. The highest BCUT2D eigenvalue weighted by molar-refractivity contribution is 5.57. The van der Waals surface area contributed by atoms with Gasteiger partial charge in [-0.05, 0) is 19.4 Å². The van der Waals surface area contributed by atoms with Gasteiger partial charge >= 0.3 is 6.18 Å². The van der Waals surface area contributed by atoms with Crippen molar-refractivity contribution >= 4 is 0 Å². The van der Waals surface area contributed by atoms with Gasteiger partial charge in [0.25, 0.3) is 0 Å². The molecule has 20 heavy (non-hydrogen) atoms. The number of rotatable bonds is 3. The molecule has 6 heteroatoms. The van der Waals surface area contributed by atoms with Gasteiger partial charge in [-0.15, -0.1) is 0 Å². The van der Waals surface area contributed by atoms with E-state index in [4.69, 9.17) is 8.48 Å². The van der Waals surface area contributed by atoms with E-state index in [0.29, 0.717) is 5.56 Å². The van der Waals surface area contributed by atoms with E-state index in [2.05, 4.69) is 4.98 Å². The number of halogens is 3. The van der Waals surface area contributed by atoms with E-state index in [9.17, 15) is 13.2 Å². The van der Waals surface area contributed by atoms with Crippen LogP contribution < -0.4 is 5.73 Å². The number of aromatic nitrogens is 2. The van der Waals surface area contributed by atoms with Gasteiger partial charge < -0.3 is 10.3 Å². The average molecular weight is 285 g/mol. The highest BCUT2D eigenvalue weighted by Gasteiger charge is 2.35. The SMILES string of the molecule is [2H]C([2H])(N)c1ccc(-c2nc(C(F)(F)F)cn2C(C)C)cc1. The standard InChI is InChI=1S/C14H16F3N3/c1-9(2)20-8-12(14(15,16)17)19-13(20)11-5-3-10(7-18)4-6-11/h3-6,8-9H,7,18H2,1-2H3/i7D2. The Morgan fingerprint density at radius 2 is 1.90 bits per heavy atom. The van der Waals surface area contributed by atoms with Gasteiger partial charge in [0.15, 0.2) is 5.69 Å². The predicted molar refractivity (Wildman–Crippen MR) is 70.9 cm³/mol. The number of benzene rings is 1. The summed E-state index contributed by atoms with van der Waals surface area (Å²) in [5.74, 6) is 0.187. The third-order valence-electron chi connectivity index (χ3n) is 2.89. The molecule has 0 aliphatic heterocycles. The number of nitrogens with two attached hydrogens (primary N) is 1. The lowest BCUT2D eigenvalue weighted by atomic mass is 10.1. The summed E-state index contributed by atoms with van der Waals surface area (Å²) in [7, 11) is 0. The predicted octanol–water partition coefficient (Wildman–Crippen LogP) is 3.61. The van der Waals surface area contributed by atoms with Crippen molar-refractivity contribution in [3.63, 3.8) is 0 Å². The third kappa shape index (κ3) is 2.85. The molecule has 1 aromatic heterocycles. The molecule has 0 fully saturated rings. The molecular formula is C14H16F3N3. The molecule has 0 aliphatic rings. The Morgan fingerprint density at radius 3 is 2.35 bits per heavy atom. The Labute approximate surface area is 118 Å². The van der Waals surface area contributed by atoms with Crippen molar-refractivity contribution in [1.82, 2.24) is 9.55 Å². The van der Waals surface area contributed by atoms with Crippen LogP contribution in [0.15, 0.2) is 30.5 Å². The summed E-state index contributed by atoms with van der Waals surface area (Å²) in [6.07, 6.45) is -3.53. The van der Waals surface area contributed by atoms with Crippen LogP contribution in [0, 0.1) is 0 Å². The second-order valence-electron chi connectivity index (χ2n) is 4.67. The topological polar surface area (TPSA) is 43.8 Å². The molecule has 2 aromatic rings. The van der Waals surface area contributed by atoms with Crippen LogP contribution in [0.1, 0.15) is 33.9 Å². The van der Waals surface area contributed by atoms with Gasteiger partial charge in [-0.3, -0.25) is 0 Å². The van der Waals surface area contributed by atoms with E-state index < -0.39 is 18.4 Å². The summed E-state index contributed by atoms with van der Waals surface area (Å²) < 4.78 is 54.8. The van der Waals surface area contributed by atoms with Crippen molar-refractivity contribution in [2.24, 2.45) is 5.73 Å². The summed E-state index contributed by atoms with van der Waals surface area (Å²) in [6, 6.07) is 5.73. The van der Waals surface area contributed by atoms with Crippen molar-refractivity contribution in [1.29, 1.82) is 0 Å². The van der Waals surface area contributed by atoms with Gasteiger partial charge in [-0.25, -0.2) is 4.98 Å². The summed E-state index contributed by atoms with van der Waals surface area (Å²) in [5, 5.41) is 0. The Morgan fingerprint density at radius 1 is 1.30 bits per heavy atom. The fraction of sp³-hybridized carbons (Fsp3) is 0.357. The zero-order valence-electron chi connectivity index (χ0n) is 13.1. The molecule has 0 bridgehead atoms. The minimum absolute atomic E-state index is 0.187. The molecule has 1 aromatic carbocycles. The molecule has 0 radical (unpaired) electrons. The summed E-state index contributed by atoms with van der Waals surface area (Å²) >= 11 is 0. The summed E-state index contributed by atoms with van der Waals surface area (Å²) in [4.78, 5) is 3.68. The minimum Gasteiger partial charge on any atom is -0.328 e. The molecule has 0 amide bonds. The van der Waals surface area contributed by atoms with Crippen molar-refractivity contribution in [3.05, 3.63) is 41.7 Å². The van der Waals surface area contributed by atoms with E-state index in [-0.39, 0.29) is 17.4 Å². The van der Waals surface area contributed by atoms with Crippen LogP contribution in [0.2, 0.25) is 0 Å². The first-order chi connectivity index (χ1) is 10.00. The van der Waals surface area contributed by atoms with Crippen molar-refractivity contribution < 1.29 is 15.9 Å². The quantitative estimate of drug-likeness (QED) is 0.936. The molecule has 0 saturated carbocycles. The fourth-order valence-electron chi connectivity index (χ4n) is 1.85. The highest BCUT2D eigenvalue weighted by atomic mass is 19.4. The molecule has 3 nitrogen and oxygen atoms in total. The van der Waals surface area contributed by atoms with Crippen molar-refractivity contribution in [3.8, 4) is 11.4 Å². The summed E-state index contributed by atoms with van der Waals surface area (Å²) in [6.45, 7) is 1.53. The van der Waals surface area contributed by atoms with Crippen LogP contribution in [0.3, 0.4) is 0 Å². The van der Waals surface area contributed by atoms with Crippen LogP contribution in [0.5, 0.6) is 0 Å². The molecule has 0 unspecified atom stereocenters. The number of hydrogen-bond acceptors (Lipinski definition) is 2. The number of nitrogens with zero attached hydrogens (tertiary/aromatic N) is 2. The summed E-state index contributed by atoms with van der Waals surface area (Å²) in [5.41, 5.74) is 5.11. The van der Waals surface area contributed by atoms with Gasteiger partial charge in [-0.2, -0.15) is 13.2 Å². The lowest BCUT2D eigenvalue weighted by Crippen LogP contribution is -2.05. The maximum Gasteiger partial charge on any atom is 0.434 e. The zero-order valence-corrected chi connectivity index (χ0v) is 11.1. The molecule has 0 aliphatic carbocycles. The fourth-order valence-corrected chi connectivity index (χ4v) is 1.85. The Hall–Kier alpha value is -1.82. The van der Waals surface area contributed by atoms with Crippen molar-refractivity contribution in [2.75, 3.05) is 0 Å². The van der Waals surface area contributed by atoms with Crippen LogP contribution >= 0.6 is 0 Å². The van der Waals surface area contributed by atoms with E-state index in [0.717, 1.165) is 6.20 Å². The lowest BCUT2D eigenvalue weighted by Gasteiger charge is -2.11. The average Bonchev–Trinajstić information content (AvgIpc) is 2.82. The molecule has 1 heterocycles. The Bertz CT molecular complexity index is 655. The molecule has 2 rings (SSSR count). The van der Waals surface area contributed by atoms with Crippen LogP contribution in [-0.2, 0) is 12.7 Å². The first-order valence-corrected chi connectivity index (χ1v) is 6.06. The van der Waals surface area contributed by atoms with E-state index in [1.165, 1.54) is 28.8 Å². The van der Waals surface area contributed by atoms with E-state index in [1.807, 2.05) is 0 Å². The van der Waals surface area contributed by atoms with Gasteiger partial charge in [0, 0.05) is 27.0 Å². The number of hydrogen-bond donors (Lipinski definition) is 1. The first kappa shape index (κ1) is 12.0. The molecule has 0 spiro atoms. The van der Waals surface area contributed by atoms with Gasteiger partial charge in [0.2, 0.25) is 0 Å². The lowest BCUT2D eigenvalue weighted by molar-refractivity contribution is -0.140. The Kier molecular flexibility index (Phi) is 3.16. The smallest absolute Gasteiger partial charge is 0.328 e. The molecule has 0 atom stereocenters. The van der Waals surface area contributed by atoms with Gasteiger partial charge in [0.05, 0.1) is 0 Å². The minimum atomic E-state index is -4.51. The second-order valence-corrected chi connectivity index (χ2v) is 4.67. The number of imidazole rings is 1. The van der Waals surface area contributed by atoms with Crippen LogP contribution in [0.25, 0.3) is 11.4 Å². The molecule has 108 valence electrons. The van der Waals surface area contributed by atoms with Crippen LogP contribution in [0.4, 0.5) is 13.2 Å². The van der Waals surface area contributed by atoms with Crippen molar-refractivity contribution in [2.45, 2.75) is 32.6 Å². The Balaban J connectivity index is 2.50. The highest BCUT2D eigenvalue weighted by Crippen LogP contribution is 2.32. The maximum absolute atomic E-state index is 12.8. The zero-order chi connectivity index (χ0) is 16.7. The first-order valence-electron chi connectivity index (χ1n) is 7.06.